The summed E-state index contributed by atoms with van der Waals surface area (Å²) in [5, 5.41) is 17.5. The molecule has 0 saturated carbocycles. The van der Waals surface area contributed by atoms with Gasteiger partial charge in [0.2, 0.25) is 0 Å². The number of piperazine rings is 1. The Morgan fingerprint density at radius 2 is 1.36 bits per heavy atom. The van der Waals surface area contributed by atoms with Gasteiger partial charge in [0, 0.05) is 38.1 Å². The van der Waals surface area contributed by atoms with E-state index < -0.39 is 11.9 Å². The van der Waals surface area contributed by atoms with E-state index in [0.29, 0.717) is 6.54 Å². The van der Waals surface area contributed by atoms with E-state index in [1.807, 2.05) is 29.2 Å². The molecule has 1 aliphatic heterocycles. The van der Waals surface area contributed by atoms with Gasteiger partial charge in [0.25, 0.3) is 0 Å². The summed E-state index contributed by atoms with van der Waals surface area (Å²) in [4.78, 5) is 34.6. The zero-order valence-electron chi connectivity index (χ0n) is 20.7. The van der Waals surface area contributed by atoms with Crippen molar-refractivity contribution in [2.45, 2.75) is 44.7 Å². The van der Waals surface area contributed by atoms with Crippen LogP contribution in [0.15, 0.2) is 48.5 Å². The van der Waals surface area contributed by atoms with Crippen LogP contribution in [-0.4, -0.2) is 76.7 Å². The third-order valence-electron chi connectivity index (χ3n) is 6.26. The summed E-state index contributed by atoms with van der Waals surface area (Å²) in [5.41, 5.74) is 2.07. The van der Waals surface area contributed by atoms with E-state index in [1.54, 1.807) is 7.05 Å². The highest BCUT2D eigenvalue weighted by atomic mass is 19.1. The van der Waals surface area contributed by atoms with Crippen LogP contribution in [0, 0.1) is 11.6 Å². The fourth-order valence-corrected chi connectivity index (χ4v) is 4.35. The van der Waals surface area contributed by atoms with Gasteiger partial charge in [0.1, 0.15) is 11.6 Å². The van der Waals surface area contributed by atoms with Crippen LogP contribution in [0.5, 0.6) is 0 Å². The lowest BCUT2D eigenvalue weighted by Crippen LogP contribution is -2.59. The molecule has 10 heteroatoms. The van der Waals surface area contributed by atoms with Gasteiger partial charge in [0.15, 0.2) is 0 Å². The molecule has 1 aliphatic rings. The maximum absolute atomic E-state index is 13.4. The van der Waals surface area contributed by atoms with E-state index in [1.165, 1.54) is 24.3 Å². The molecule has 1 fully saturated rings. The Kier molecular flexibility index (Phi) is 10.8. The maximum Gasteiger partial charge on any atom is 0.414 e. The van der Waals surface area contributed by atoms with Crippen LogP contribution in [-0.2, 0) is 9.59 Å². The Balaban J connectivity index is 0.000000678. The second-order valence-electron chi connectivity index (χ2n) is 8.81. The van der Waals surface area contributed by atoms with Crippen LogP contribution in [0.2, 0.25) is 0 Å². The number of carboxylic acids is 2. The zero-order chi connectivity index (χ0) is 26.8. The van der Waals surface area contributed by atoms with Crippen molar-refractivity contribution in [2.75, 3.05) is 26.7 Å². The summed E-state index contributed by atoms with van der Waals surface area (Å²) in [6, 6.07) is 13.6. The minimum atomic E-state index is -1.82. The summed E-state index contributed by atoms with van der Waals surface area (Å²) in [6.07, 6.45) is 1.84. The van der Waals surface area contributed by atoms with Crippen molar-refractivity contribution < 1.29 is 33.4 Å². The zero-order valence-corrected chi connectivity index (χ0v) is 20.7. The fraction of sp³-hybridized carbons (Fsp3) is 0.423. The van der Waals surface area contributed by atoms with Crippen molar-refractivity contribution in [3.63, 3.8) is 0 Å². The lowest BCUT2D eigenvalue weighted by atomic mass is 9.87. The topological polar surface area (TPSA) is 110 Å². The number of benzene rings is 2. The van der Waals surface area contributed by atoms with E-state index >= 15 is 0 Å². The van der Waals surface area contributed by atoms with Gasteiger partial charge in [-0.2, -0.15) is 0 Å². The number of aliphatic carboxylic acids is 2. The monoisotopic (exact) mass is 505 g/mol. The van der Waals surface area contributed by atoms with Crippen LogP contribution in [0.25, 0.3) is 0 Å². The number of nitrogens with one attached hydrogen (secondary N) is 1. The van der Waals surface area contributed by atoms with Crippen molar-refractivity contribution in [3.8, 4) is 0 Å². The number of nitrogens with zero attached hydrogens (tertiary/aromatic N) is 2. The highest BCUT2D eigenvalue weighted by Gasteiger charge is 2.31. The molecule has 2 aromatic rings. The number of hydrogen-bond acceptors (Lipinski definition) is 4. The van der Waals surface area contributed by atoms with Crippen LogP contribution in [0.1, 0.15) is 43.7 Å². The molecule has 3 rings (SSSR count). The smallest absolute Gasteiger partial charge is 0.414 e. The number of urea groups is 1. The van der Waals surface area contributed by atoms with Gasteiger partial charge in [0.05, 0.1) is 0 Å². The first kappa shape index (κ1) is 28.7. The summed E-state index contributed by atoms with van der Waals surface area (Å²) in [6.45, 7) is 6.70. The predicted octanol–water partition coefficient (Wildman–Crippen LogP) is 3.77. The SMILES string of the molecule is CNC(=O)N1C[C@@H](C)N(CCCC(c2ccc(F)cc2)c2ccc(F)cc2)C[C@@H]1C.O=C(O)C(=O)O. The second kappa shape index (κ2) is 13.5. The van der Waals surface area contributed by atoms with Crippen molar-refractivity contribution in [2.24, 2.45) is 0 Å². The van der Waals surface area contributed by atoms with Crippen molar-refractivity contribution in [3.05, 3.63) is 71.3 Å². The lowest BCUT2D eigenvalue weighted by molar-refractivity contribution is -0.159. The summed E-state index contributed by atoms with van der Waals surface area (Å²) >= 11 is 0. The molecule has 2 aromatic carbocycles. The van der Waals surface area contributed by atoms with Gasteiger partial charge in [-0.15, -0.1) is 0 Å². The van der Waals surface area contributed by atoms with Gasteiger partial charge in [-0.05, 0) is 68.6 Å². The number of rotatable bonds is 6. The molecule has 0 bridgehead atoms. The molecule has 8 nitrogen and oxygen atoms in total. The third-order valence-corrected chi connectivity index (χ3v) is 6.26. The Hall–Kier alpha value is -3.53. The quantitative estimate of drug-likeness (QED) is 0.516. The Labute approximate surface area is 209 Å². The third kappa shape index (κ3) is 8.30. The Morgan fingerprint density at radius 1 is 0.889 bits per heavy atom. The number of hydrogen-bond donors (Lipinski definition) is 3. The molecule has 0 unspecified atom stereocenters. The molecule has 0 aromatic heterocycles. The summed E-state index contributed by atoms with van der Waals surface area (Å²) < 4.78 is 26.8. The molecule has 3 N–H and O–H groups in total. The molecule has 196 valence electrons. The van der Waals surface area contributed by atoms with Crippen molar-refractivity contribution in [1.29, 1.82) is 0 Å². The average molecular weight is 506 g/mol. The number of carboxylic acid groups (broad SMARTS) is 2. The number of amides is 2. The van der Waals surface area contributed by atoms with E-state index in [0.717, 1.165) is 37.1 Å². The normalized spacial score (nSPS) is 17.8. The van der Waals surface area contributed by atoms with Crippen molar-refractivity contribution >= 4 is 18.0 Å². The predicted molar refractivity (Wildman–Crippen MR) is 131 cm³/mol. The molecule has 0 spiro atoms. The fourth-order valence-electron chi connectivity index (χ4n) is 4.35. The average Bonchev–Trinajstić information content (AvgIpc) is 2.85. The molecule has 0 aliphatic carbocycles. The van der Waals surface area contributed by atoms with Crippen molar-refractivity contribution in [1.82, 2.24) is 15.1 Å². The first-order valence-electron chi connectivity index (χ1n) is 11.7. The molecule has 1 saturated heterocycles. The van der Waals surface area contributed by atoms with Gasteiger partial charge in [-0.1, -0.05) is 24.3 Å². The highest BCUT2D eigenvalue weighted by Crippen LogP contribution is 2.30. The lowest BCUT2D eigenvalue weighted by Gasteiger charge is -2.44. The first-order chi connectivity index (χ1) is 17.0. The van der Waals surface area contributed by atoms with E-state index in [9.17, 15) is 13.6 Å². The number of carbonyl (C=O) groups is 3. The molecule has 2 atom stereocenters. The number of halogens is 2. The first-order valence-corrected chi connectivity index (χ1v) is 11.7. The van der Waals surface area contributed by atoms with Crippen LogP contribution in [0.3, 0.4) is 0 Å². The maximum atomic E-state index is 13.4. The van der Waals surface area contributed by atoms with Crippen LogP contribution < -0.4 is 5.32 Å². The second-order valence-corrected chi connectivity index (χ2v) is 8.81. The standard InChI is InChI=1S/C24H31F2N3O.C2H2O4/c1-17-16-29(24(30)27-3)18(2)15-28(17)14-4-5-23(19-6-10-21(25)11-7-19)20-8-12-22(26)13-9-20;3-1(4)2(5)6/h6-13,17-18,23H,4-5,14-16H2,1-3H3,(H,27,30);(H,3,4)(H,5,6)/t17-,18+;/m1./s1. The largest absolute Gasteiger partial charge is 0.473 e. The van der Waals surface area contributed by atoms with Gasteiger partial charge in [-0.3, -0.25) is 4.90 Å². The van der Waals surface area contributed by atoms with E-state index in [-0.39, 0.29) is 35.7 Å². The Morgan fingerprint density at radius 3 is 1.78 bits per heavy atom. The Bertz CT molecular complexity index is 960. The molecule has 0 radical (unpaired) electrons. The van der Waals surface area contributed by atoms with Gasteiger partial charge < -0.3 is 20.4 Å². The number of carbonyl (C=O) groups excluding carboxylic acids is 1. The van der Waals surface area contributed by atoms with E-state index in [2.05, 4.69) is 24.1 Å². The molecular weight excluding hydrogens is 472 g/mol. The molecule has 2 amide bonds. The highest BCUT2D eigenvalue weighted by molar-refractivity contribution is 6.27. The van der Waals surface area contributed by atoms with E-state index in [4.69, 9.17) is 19.8 Å². The minimum absolute atomic E-state index is 0.0262. The molecule has 1 heterocycles. The van der Waals surface area contributed by atoms with Gasteiger partial charge in [-0.25, -0.2) is 23.2 Å². The van der Waals surface area contributed by atoms with Crippen LogP contribution in [0.4, 0.5) is 13.6 Å². The van der Waals surface area contributed by atoms with Gasteiger partial charge >= 0.3 is 18.0 Å². The molecule has 36 heavy (non-hydrogen) atoms. The summed E-state index contributed by atoms with van der Waals surface area (Å²) in [7, 11) is 1.66. The summed E-state index contributed by atoms with van der Waals surface area (Å²) in [5.74, 6) is -4.07. The minimum Gasteiger partial charge on any atom is -0.473 e. The molecular formula is C26H33F2N3O5. The van der Waals surface area contributed by atoms with Crippen LogP contribution >= 0.6 is 0 Å².